The minimum atomic E-state index is 0.210. The van der Waals surface area contributed by atoms with E-state index in [4.69, 9.17) is 23.2 Å². The van der Waals surface area contributed by atoms with Gasteiger partial charge >= 0.3 is 0 Å². The second-order valence-electron chi connectivity index (χ2n) is 6.87. The van der Waals surface area contributed by atoms with E-state index in [1.54, 1.807) is 0 Å². The fraction of sp³-hybridized carbons (Fsp3) is 0.600. The third kappa shape index (κ3) is 5.60. The highest BCUT2D eigenvalue weighted by molar-refractivity contribution is 6.35. The SMILES string of the molecule is CC(C)(C)CC(C)(C)[NH2+]Cc1ccc(Cl)cc1Cl. The highest BCUT2D eigenvalue weighted by atomic mass is 35.5. The summed E-state index contributed by atoms with van der Waals surface area (Å²) < 4.78 is 0. The summed E-state index contributed by atoms with van der Waals surface area (Å²) in [5, 5.41) is 3.80. The number of rotatable bonds is 4. The topological polar surface area (TPSA) is 16.6 Å². The Balaban J connectivity index is 2.64. The molecule has 0 unspecified atom stereocenters. The Labute approximate surface area is 121 Å². The van der Waals surface area contributed by atoms with Crippen molar-refractivity contribution < 1.29 is 5.32 Å². The molecular weight excluding hydrogens is 265 g/mol. The van der Waals surface area contributed by atoms with Crippen molar-refractivity contribution >= 4 is 23.2 Å². The van der Waals surface area contributed by atoms with Crippen molar-refractivity contribution in [1.29, 1.82) is 0 Å². The first-order valence-corrected chi connectivity index (χ1v) is 7.13. The van der Waals surface area contributed by atoms with Gasteiger partial charge in [0, 0.05) is 17.0 Å². The average molecular weight is 289 g/mol. The van der Waals surface area contributed by atoms with Crippen LogP contribution in [0.25, 0.3) is 0 Å². The highest BCUT2D eigenvalue weighted by Gasteiger charge is 2.28. The van der Waals surface area contributed by atoms with Gasteiger partial charge in [-0.25, -0.2) is 0 Å². The largest absolute Gasteiger partial charge is 0.338 e. The molecule has 1 rings (SSSR count). The molecular formula is C15H24Cl2N+. The standard InChI is InChI=1S/C15H23Cl2N/c1-14(2,3)10-15(4,5)18-9-11-6-7-12(16)8-13(11)17/h6-8,18H,9-10H2,1-5H3/p+1. The second kappa shape index (κ2) is 5.81. The second-order valence-corrected chi connectivity index (χ2v) is 7.71. The van der Waals surface area contributed by atoms with Crippen LogP contribution < -0.4 is 5.32 Å². The quantitative estimate of drug-likeness (QED) is 0.852. The van der Waals surface area contributed by atoms with Gasteiger partial charge < -0.3 is 5.32 Å². The van der Waals surface area contributed by atoms with Crippen LogP contribution in [-0.2, 0) is 6.54 Å². The van der Waals surface area contributed by atoms with Crippen LogP contribution in [0.1, 0.15) is 46.6 Å². The first-order chi connectivity index (χ1) is 8.09. The van der Waals surface area contributed by atoms with Gasteiger partial charge in [0.25, 0.3) is 0 Å². The Morgan fingerprint density at radius 2 is 1.67 bits per heavy atom. The summed E-state index contributed by atoms with van der Waals surface area (Å²) in [6.07, 6.45) is 1.16. The van der Waals surface area contributed by atoms with Gasteiger partial charge in [-0.15, -0.1) is 0 Å². The maximum Gasteiger partial charge on any atom is 0.103 e. The molecule has 0 heterocycles. The van der Waals surface area contributed by atoms with Crippen molar-refractivity contribution in [3.05, 3.63) is 33.8 Å². The Hall–Kier alpha value is -0.240. The van der Waals surface area contributed by atoms with E-state index in [1.807, 2.05) is 18.2 Å². The molecule has 0 aromatic heterocycles. The first-order valence-electron chi connectivity index (χ1n) is 6.37. The van der Waals surface area contributed by atoms with Crippen molar-refractivity contribution in [2.45, 2.75) is 53.1 Å². The lowest BCUT2D eigenvalue weighted by Gasteiger charge is -2.30. The van der Waals surface area contributed by atoms with Crippen molar-refractivity contribution in [2.75, 3.05) is 0 Å². The zero-order chi connectivity index (χ0) is 14.0. The van der Waals surface area contributed by atoms with E-state index in [9.17, 15) is 0 Å². The van der Waals surface area contributed by atoms with Gasteiger partial charge in [0.05, 0.1) is 10.6 Å². The van der Waals surface area contributed by atoms with Crippen LogP contribution >= 0.6 is 23.2 Å². The van der Waals surface area contributed by atoms with Crippen LogP contribution in [0.2, 0.25) is 10.0 Å². The van der Waals surface area contributed by atoms with Gasteiger partial charge in [-0.3, -0.25) is 0 Å². The summed E-state index contributed by atoms with van der Waals surface area (Å²) in [6.45, 7) is 12.3. The van der Waals surface area contributed by atoms with Crippen LogP contribution in [0.3, 0.4) is 0 Å². The molecule has 0 aliphatic heterocycles. The summed E-state index contributed by atoms with van der Waals surface area (Å²) in [4.78, 5) is 0. The molecule has 0 radical (unpaired) electrons. The molecule has 102 valence electrons. The molecule has 2 N–H and O–H groups in total. The number of benzene rings is 1. The third-order valence-electron chi connectivity index (χ3n) is 2.88. The molecule has 0 saturated heterocycles. The van der Waals surface area contributed by atoms with E-state index in [0.717, 1.165) is 23.6 Å². The van der Waals surface area contributed by atoms with Crippen molar-refractivity contribution in [3.63, 3.8) is 0 Å². The van der Waals surface area contributed by atoms with Gasteiger partial charge in [0.1, 0.15) is 6.54 Å². The minimum Gasteiger partial charge on any atom is -0.338 e. The number of quaternary nitrogens is 1. The molecule has 1 nitrogen and oxygen atoms in total. The molecule has 0 amide bonds. The van der Waals surface area contributed by atoms with Gasteiger partial charge in [0.2, 0.25) is 0 Å². The molecule has 1 aromatic rings. The maximum atomic E-state index is 6.19. The van der Waals surface area contributed by atoms with Crippen LogP contribution in [0.15, 0.2) is 18.2 Å². The summed E-state index contributed by atoms with van der Waals surface area (Å²) in [6, 6.07) is 5.71. The van der Waals surface area contributed by atoms with E-state index >= 15 is 0 Å². The van der Waals surface area contributed by atoms with Crippen molar-refractivity contribution in [1.82, 2.24) is 0 Å². The van der Waals surface area contributed by atoms with E-state index in [1.165, 1.54) is 0 Å². The van der Waals surface area contributed by atoms with Gasteiger partial charge in [-0.1, -0.05) is 50.0 Å². The first kappa shape index (κ1) is 15.8. The lowest BCUT2D eigenvalue weighted by Crippen LogP contribution is -2.94. The Morgan fingerprint density at radius 3 is 2.17 bits per heavy atom. The molecule has 18 heavy (non-hydrogen) atoms. The summed E-state index contributed by atoms with van der Waals surface area (Å²) >= 11 is 12.1. The normalized spacial score (nSPS) is 12.8. The van der Waals surface area contributed by atoms with Crippen LogP contribution in [0.5, 0.6) is 0 Å². The van der Waals surface area contributed by atoms with Gasteiger partial charge in [-0.05, 0) is 31.4 Å². The zero-order valence-corrected chi connectivity index (χ0v) is 13.5. The Kier molecular flexibility index (Phi) is 5.11. The number of hydrogen-bond acceptors (Lipinski definition) is 0. The monoisotopic (exact) mass is 288 g/mol. The van der Waals surface area contributed by atoms with Crippen LogP contribution in [0, 0.1) is 5.41 Å². The van der Waals surface area contributed by atoms with Gasteiger partial charge in [0.15, 0.2) is 0 Å². The molecule has 0 aliphatic rings. The van der Waals surface area contributed by atoms with Crippen LogP contribution in [0.4, 0.5) is 0 Å². The zero-order valence-electron chi connectivity index (χ0n) is 12.0. The number of hydrogen-bond donors (Lipinski definition) is 1. The smallest absolute Gasteiger partial charge is 0.103 e. The number of nitrogens with two attached hydrogens (primary N) is 1. The molecule has 0 atom stereocenters. The minimum absolute atomic E-state index is 0.210. The lowest BCUT2D eigenvalue weighted by atomic mass is 9.82. The molecule has 0 fully saturated rings. The van der Waals surface area contributed by atoms with Crippen molar-refractivity contribution in [3.8, 4) is 0 Å². The predicted molar refractivity (Wildman–Crippen MR) is 80.2 cm³/mol. The van der Waals surface area contributed by atoms with E-state index in [0.29, 0.717) is 10.4 Å². The van der Waals surface area contributed by atoms with Crippen molar-refractivity contribution in [2.24, 2.45) is 5.41 Å². The Bertz CT molecular complexity index is 405. The molecule has 0 saturated carbocycles. The van der Waals surface area contributed by atoms with E-state index in [-0.39, 0.29) is 5.54 Å². The number of halogens is 2. The van der Waals surface area contributed by atoms with E-state index < -0.39 is 0 Å². The average Bonchev–Trinajstić information content (AvgIpc) is 2.12. The molecule has 0 spiro atoms. The van der Waals surface area contributed by atoms with Gasteiger partial charge in [-0.2, -0.15) is 0 Å². The van der Waals surface area contributed by atoms with E-state index in [2.05, 4.69) is 39.9 Å². The predicted octanol–water partition coefficient (Wildman–Crippen LogP) is 4.27. The summed E-state index contributed by atoms with van der Waals surface area (Å²) in [5.41, 5.74) is 1.69. The molecule has 0 aliphatic carbocycles. The lowest BCUT2D eigenvalue weighted by molar-refractivity contribution is -0.737. The fourth-order valence-electron chi connectivity index (χ4n) is 2.51. The highest BCUT2D eigenvalue weighted by Crippen LogP contribution is 2.25. The maximum absolute atomic E-state index is 6.19. The molecule has 0 bridgehead atoms. The third-order valence-corrected chi connectivity index (χ3v) is 3.46. The molecule has 1 aromatic carbocycles. The summed E-state index contributed by atoms with van der Waals surface area (Å²) in [5.74, 6) is 0. The fourth-order valence-corrected chi connectivity index (χ4v) is 3.00. The Morgan fingerprint density at radius 1 is 1.06 bits per heavy atom. The summed E-state index contributed by atoms with van der Waals surface area (Å²) in [7, 11) is 0. The van der Waals surface area contributed by atoms with Crippen LogP contribution in [-0.4, -0.2) is 5.54 Å². The molecule has 3 heteroatoms.